The fraction of sp³-hybridized carbons (Fsp3) is 0.294. The molecule has 1 aliphatic heterocycles. The summed E-state index contributed by atoms with van der Waals surface area (Å²) < 4.78 is 5.68. The van der Waals surface area contributed by atoms with Crippen molar-refractivity contribution in [2.24, 2.45) is 0 Å². The predicted octanol–water partition coefficient (Wildman–Crippen LogP) is 3.85. The molecular weight excluding hydrogens is 385 g/mol. The van der Waals surface area contributed by atoms with Crippen LogP contribution in [0, 0.1) is 0 Å². The second-order valence-electron chi connectivity index (χ2n) is 5.45. The Labute approximate surface area is 164 Å². The molecule has 1 aliphatic rings. The van der Waals surface area contributed by atoms with E-state index in [9.17, 15) is 4.79 Å². The zero-order chi connectivity index (χ0) is 16.1. The number of aromatic nitrogens is 1. The highest BCUT2D eigenvalue weighted by Gasteiger charge is 2.17. The molecule has 136 valence electrons. The number of carbonyl (C=O) groups is 1. The summed E-state index contributed by atoms with van der Waals surface area (Å²) in [7, 11) is 0. The third-order valence-corrected chi connectivity index (χ3v) is 4.00. The molecule has 2 aromatic rings. The number of halogens is 3. The van der Waals surface area contributed by atoms with Crippen molar-refractivity contribution in [3.8, 4) is 11.5 Å². The number of carbonyl (C=O) groups excluding carboxylic acids is 1. The molecule has 5 nitrogen and oxygen atoms in total. The number of piperidine rings is 1. The van der Waals surface area contributed by atoms with Crippen LogP contribution in [-0.2, 0) is 0 Å². The average Bonchev–Trinajstić information content (AvgIpc) is 2.58. The summed E-state index contributed by atoms with van der Waals surface area (Å²) in [6.45, 7) is 1.82. The fourth-order valence-electron chi connectivity index (χ4n) is 2.50. The first-order chi connectivity index (χ1) is 11.2. The van der Waals surface area contributed by atoms with Crippen LogP contribution in [0.1, 0.15) is 23.2 Å². The van der Waals surface area contributed by atoms with Gasteiger partial charge in [-0.25, -0.2) is 0 Å². The highest BCUT2D eigenvalue weighted by molar-refractivity contribution is 6.32. The van der Waals surface area contributed by atoms with Gasteiger partial charge in [0.05, 0.1) is 5.02 Å². The molecular formula is C17H20Cl3N3O2. The maximum absolute atomic E-state index is 12.3. The lowest BCUT2D eigenvalue weighted by Crippen LogP contribution is -2.45. The van der Waals surface area contributed by atoms with E-state index in [0.717, 1.165) is 25.9 Å². The Morgan fingerprint density at radius 1 is 1.24 bits per heavy atom. The van der Waals surface area contributed by atoms with Gasteiger partial charge in [-0.1, -0.05) is 11.6 Å². The molecule has 0 spiro atoms. The Balaban J connectivity index is 0.00000156. The SMILES string of the molecule is Cl.Cl.O=C(NC1CCCNC1)c1ccc(Oc2ccncc2)c(Cl)c1. The molecule has 2 heterocycles. The van der Waals surface area contributed by atoms with Crippen LogP contribution < -0.4 is 15.4 Å². The first kappa shape index (κ1) is 21.5. The Hall–Kier alpha value is -1.53. The molecule has 1 unspecified atom stereocenters. The summed E-state index contributed by atoms with van der Waals surface area (Å²) in [5, 5.41) is 6.70. The van der Waals surface area contributed by atoms with Gasteiger partial charge in [0, 0.05) is 30.5 Å². The second-order valence-corrected chi connectivity index (χ2v) is 5.85. The Bertz CT molecular complexity index is 680. The van der Waals surface area contributed by atoms with Crippen molar-refractivity contribution < 1.29 is 9.53 Å². The van der Waals surface area contributed by atoms with E-state index < -0.39 is 0 Å². The lowest BCUT2D eigenvalue weighted by Gasteiger charge is -2.23. The molecule has 25 heavy (non-hydrogen) atoms. The maximum atomic E-state index is 12.3. The summed E-state index contributed by atoms with van der Waals surface area (Å²) in [6.07, 6.45) is 5.35. The molecule has 1 amide bonds. The molecule has 0 bridgehead atoms. The smallest absolute Gasteiger partial charge is 0.251 e. The van der Waals surface area contributed by atoms with Crippen LogP contribution in [-0.4, -0.2) is 30.0 Å². The van der Waals surface area contributed by atoms with Gasteiger partial charge in [-0.2, -0.15) is 0 Å². The number of rotatable bonds is 4. The minimum Gasteiger partial charge on any atom is -0.456 e. The topological polar surface area (TPSA) is 63.2 Å². The van der Waals surface area contributed by atoms with Gasteiger partial charge in [0.1, 0.15) is 11.5 Å². The van der Waals surface area contributed by atoms with E-state index in [4.69, 9.17) is 16.3 Å². The zero-order valence-corrected chi connectivity index (χ0v) is 15.8. The monoisotopic (exact) mass is 403 g/mol. The second kappa shape index (κ2) is 10.5. The number of hydrogen-bond donors (Lipinski definition) is 2. The van der Waals surface area contributed by atoms with E-state index in [1.54, 1.807) is 42.7 Å². The highest BCUT2D eigenvalue weighted by atomic mass is 35.5. The molecule has 1 aromatic carbocycles. The van der Waals surface area contributed by atoms with Crippen molar-refractivity contribution in [1.29, 1.82) is 0 Å². The third-order valence-electron chi connectivity index (χ3n) is 3.70. The van der Waals surface area contributed by atoms with Gasteiger partial charge in [-0.15, -0.1) is 24.8 Å². The van der Waals surface area contributed by atoms with Gasteiger partial charge in [-0.05, 0) is 49.7 Å². The van der Waals surface area contributed by atoms with Gasteiger partial charge < -0.3 is 15.4 Å². The van der Waals surface area contributed by atoms with Crippen LogP contribution >= 0.6 is 36.4 Å². The average molecular weight is 405 g/mol. The molecule has 2 N–H and O–H groups in total. The molecule has 0 saturated carbocycles. The number of ether oxygens (including phenoxy) is 1. The number of amides is 1. The molecule has 1 saturated heterocycles. The van der Waals surface area contributed by atoms with Crippen molar-refractivity contribution >= 4 is 42.3 Å². The largest absolute Gasteiger partial charge is 0.456 e. The molecule has 1 atom stereocenters. The van der Waals surface area contributed by atoms with E-state index in [2.05, 4.69) is 15.6 Å². The number of benzene rings is 1. The summed E-state index contributed by atoms with van der Waals surface area (Å²) in [5.41, 5.74) is 0.530. The van der Waals surface area contributed by atoms with Gasteiger partial charge in [0.25, 0.3) is 5.91 Å². The molecule has 3 rings (SSSR count). The fourth-order valence-corrected chi connectivity index (χ4v) is 2.72. The summed E-state index contributed by atoms with van der Waals surface area (Å²) >= 11 is 6.23. The van der Waals surface area contributed by atoms with Crippen molar-refractivity contribution in [3.63, 3.8) is 0 Å². The van der Waals surface area contributed by atoms with Crippen molar-refractivity contribution in [2.45, 2.75) is 18.9 Å². The Morgan fingerprint density at radius 2 is 2.00 bits per heavy atom. The standard InChI is InChI=1S/C17H18ClN3O2.2ClH/c18-15-10-12(17(22)21-13-2-1-7-20-11-13)3-4-16(15)23-14-5-8-19-9-6-14;;/h3-6,8-10,13,20H,1-2,7,11H2,(H,21,22);2*1H. The zero-order valence-electron chi connectivity index (χ0n) is 13.4. The summed E-state index contributed by atoms with van der Waals surface area (Å²) in [6, 6.07) is 8.71. The number of nitrogens with zero attached hydrogens (tertiary/aromatic N) is 1. The molecule has 0 aliphatic carbocycles. The number of hydrogen-bond acceptors (Lipinski definition) is 4. The highest BCUT2D eigenvalue weighted by Crippen LogP contribution is 2.29. The number of pyridine rings is 1. The Morgan fingerprint density at radius 3 is 2.64 bits per heavy atom. The maximum Gasteiger partial charge on any atom is 0.251 e. The third kappa shape index (κ3) is 6.04. The van der Waals surface area contributed by atoms with Crippen LogP contribution in [0.2, 0.25) is 5.02 Å². The van der Waals surface area contributed by atoms with E-state index in [1.165, 1.54) is 0 Å². The van der Waals surface area contributed by atoms with Crippen molar-refractivity contribution in [2.75, 3.05) is 13.1 Å². The molecule has 1 aromatic heterocycles. The first-order valence-electron chi connectivity index (χ1n) is 7.61. The summed E-state index contributed by atoms with van der Waals surface area (Å²) in [5.74, 6) is 1.04. The minimum atomic E-state index is -0.115. The van der Waals surface area contributed by atoms with Crippen LogP contribution in [0.15, 0.2) is 42.7 Å². The van der Waals surface area contributed by atoms with E-state index in [1.807, 2.05) is 0 Å². The molecule has 8 heteroatoms. The quantitative estimate of drug-likeness (QED) is 0.812. The van der Waals surface area contributed by atoms with Gasteiger partial charge in [0.2, 0.25) is 0 Å². The molecule has 1 fully saturated rings. The van der Waals surface area contributed by atoms with E-state index in [-0.39, 0.29) is 36.8 Å². The molecule has 0 radical (unpaired) electrons. The van der Waals surface area contributed by atoms with Crippen molar-refractivity contribution in [3.05, 3.63) is 53.3 Å². The summed E-state index contributed by atoms with van der Waals surface area (Å²) in [4.78, 5) is 16.2. The van der Waals surface area contributed by atoms with Gasteiger partial charge in [-0.3, -0.25) is 9.78 Å². The lowest BCUT2D eigenvalue weighted by molar-refractivity contribution is 0.0930. The lowest BCUT2D eigenvalue weighted by atomic mass is 10.1. The van der Waals surface area contributed by atoms with Gasteiger partial charge in [0.15, 0.2) is 0 Å². The van der Waals surface area contributed by atoms with Crippen LogP contribution in [0.4, 0.5) is 0 Å². The predicted molar refractivity (Wildman–Crippen MR) is 104 cm³/mol. The van der Waals surface area contributed by atoms with E-state index in [0.29, 0.717) is 22.1 Å². The van der Waals surface area contributed by atoms with Crippen LogP contribution in [0.3, 0.4) is 0 Å². The van der Waals surface area contributed by atoms with Crippen molar-refractivity contribution in [1.82, 2.24) is 15.6 Å². The van der Waals surface area contributed by atoms with Crippen LogP contribution in [0.5, 0.6) is 11.5 Å². The van der Waals surface area contributed by atoms with Crippen LogP contribution in [0.25, 0.3) is 0 Å². The Kier molecular flexibility index (Phi) is 9.00. The van der Waals surface area contributed by atoms with Gasteiger partial charge >= 0.3 is 0 Å². The van der Waals surface area contributed by atoms with E-state index >= 15 is 0 Å². The first-order valence-corrected chi connectivity index (χ1v) is 7.99. The number of nitrogens with one attached hydrogen (secondary N) is 2. The minimum absolute atomic E-state index is 0. The normalized spacial score (nSPS) is 16.1.